The number of hydrogen-bond acceptors (Lipinski definition) is 6. The minimum absolute atomic E-state index is 0.00155. The van der Waals surface area contributed by atoms with Gasteiger partial charge in [0.25, 0.3) is 11.6 Å². The van der Waals surface area contributed by atoms with Crippen LogP contribution in [0.4, 0.5) is 10.5 Å². The van der Waals surface area contributed by atoms with Crippen LogP contribution in [0.1, 0.15) is 11.1 Å². The first-order valence-electron chi connectivity index (χ1n) is 9.03. The largest absolute Gasteiger partial charge is 0.493 e. The molecule has 2 aromatic carbocycles. The zero-order valence-corrected chi connectivity index (χ0v) is 18.0. The van der Waals surface area contributed by atoms with Crippen LogP contribution >= 0.6 is 15.9 Å². The number of methoxy groups -OCH3 is 1. The molecule has 10 heteroatoms. The highest BCUT2D eigenvalue weighted by Gasteiger charge is 2.32. The first kappa shape index (κ1) is 22.0. The second kappa shape index (κ2) is 9.43. The fraction of sp³-hybridized carbons (Fsp3) is 0.143. The Morgan fingerprint density at radius 1 is 1.23 bits per heavy atom. The van der Waals surface area contributed by atoms with E-state index in [1.54, 1.807) is 24.3 Å². The topological polar surface area (TPSA) is 111 Å². The predicted molar refractivity (Wildman–Crippen MR) is 117 cm³/mol. The van der Waals surface area contributed by atoms with Gasteiger partial charge in [-0.05, 0) is 41.5 Å². The summed E-state index contributed by atoms with van der Waals surface area (Å²) in [5, 5.41) is 13.3. The summed E-state index contributed by atoms with van der Waals surface area (Å²) in [4.78, 5) is 35.6. The zero-order chi connectivity index (χ0) is 22.5. The van der Waals surface area contributed by atoms with Gasteiger partial charge in [0.2, 0.25) is 0 Å². The van der Waals surface area contributed by atoms with Gasteiger partial charge in [0, 0.05) is 23.2 Å². The summed E-state index contributed by atoms with van der Waals surface area (Å²) in [7, 11) is 1.48. The minimum atomic E-state index is -0.512. The fourth-order valence-corrected chi connectivity index (χ4v) is 3.27. The third-order valence-corrected chi connectivity index (χ3v) is 5.09. The highest BCUT2D eigenvalue weighted by molar-refractivity contribution is 9.10. The van der Waals surface area contributed by atoms with Crippen molar-refractivity contribution in [2.24, 2.45) is 0 Å². The average molecular weight is 488 g/mol. The number of carbonyl (C=O) groups is 2. The summed E-state index contributed by atoms with van der Waals surface area (Å²) < 4.78 is 11.8. The summed E-state index contributed by atoms with van der Waals surface area (Å²) in [5.74, 6) is 0.399. The first-order chi connectivity index (χ1) is 14.8. The molecule has 3 rings (SSSR count). The molecular formula is C21H18BrN3O6. The number of urea groups is 1. The summed E-state index contributed by atoms with van der Waals surface area (Å²) in [6, 6.07) is 8.87. The highest BCUT2D eigenvalue weighted by Crippen LogP contribution is 2.35. The number of imide groups is 1. The lowest BCUT2D eigenvalue weighted by molar-refractivity contribution is -0.384. The lowest BCUT2D eigenvalue weighted by atomic mass is 10.1. The van der Waals surface area contributed by atoms with Crippen LogP contribution < -0.4 is 14.8 Å². The van der Waals surface area contributed by atoms with Crippen molar-refractivity contribution in [3.63, 3.8) is 0 Å². The lowest BCUT2D eigenvalue weighted by Crippen LogP contribution is -2.30. The van der Waals surface area contributed by atoms with Crippen LogP contribution in [0.5, 0.6) is 11.5 Å². The summed E-state index contributed by atoms with van der Waals surface area (Å²) in [5.41, 5.74) is 1.48. The molecule has 0 atom stereocenters. The van der Waals surface area contributed by atoms with Gasteiger partial charge in [0.05, 0.1) is 12.0 Å². The SMILES string of the molecule is C=CCN1C(=O)N/C(=C/c2cc(OC)c(OCc3ccc([N+](=O)[O-])cc3)cc2Br)C1=O. The lowest BCUT2D eigenvalue weighted by Gasteiger charge is -2.13. The monoisotopic (exact) mass is 487 g/mol. The van der Waals surface area contributed by atoms with E-state index in [1.807, 2.05) is 0 Å². The van der Waals surface area contributed by atoms with Crippen molar-refractivity contribution in [3.8, 4) is 11.5 Å². The van der Waals surface area contributed by atoms with Crippen molar-refractivity contribution in [2.75, 3.05) is 13.7 Å². The molecular weight excluding hydrogens is 470 g/mol. The number of hydrogen-bond donors (Lipinski definition) is 1. The molecule has 1 aliphatic heterocycles. The maximum Gasteiger partial charge on any atom is 0.329 e. The van der Waals surface area contributed by atoms with Gasteiger partial charge in [-0.1, -0.05) is 22.0 Å². The Labute approximate surface area is 186 Å². The Kier molecular flexibility index (Phi) is 6.71. The van der Waals surface area contributed by atoms with Crippen LogP contribution in [-0.2, 0) is 11.4 Å². The Balaban J connectivity index is 1.80. The van der Waals surface area contributed by atoms with Crippen LogP contribution in [0.3, 0.4) is 0 Å². The molecule has 0 aliphatic carbocycles. The maximum atomic E-state index is 12.4. The molecule has 0 spiro atoms. The number of ether oxygens (including phenoxy) is 2. The second-order valence-corrected chi connectivity index (χ2v) is 7.28. The van der Waals surface area contributed by atoms with E-state index < -0.39 is 16.9 Å². The number of carbonyl (C=O) groups excluding carboxylic acids is 2. The third kappa shape index (κ3) is 4.92. The molecule has 3 amide bonds. The van der Waals surface area contributed by atoms with Gasteiger partial charge in [0.1, 0.15) is 12.3 Å². The Morgan fingerprint density at radius 2 is 1.94 bits per heavy atom. The van der Waals surface area contributed by atoms with Crippen LogP contribution in [-0.4, -0.2) is 35.4 Å². The highest BCUT2D eigenvalue weighted by atomic mass is 79.9. The van der Waals surface area contributed by atoms with Crippen molar-refractivity contribution in [1.29, 1.82) is 0 Å². The van der Waals surface area contributed by atoms with Gasteiger partial charge in [-0.2, -0.15) is 0 Å². The molecule has 9 nitrogen and oxygen atoms in total. The van der Waals surface area contributed by atoms with E-state index in [0.717, 1.165) is 10.5 Å². The van der Waals surface area contributed by atoms with E-state index in [0.29, 0.717) is 21.5 Å². The molecule has 0 unspecified atom stereocenters. The van der Waals surface area contributed by atoms with Crippen LogP contribution in [0, 0.1) is 10.1 Å². The number of nitrogens with one attached hydrogen (secondary N) is 1. The summed E-state index contributed by atoms with van der Waals surface area (Å²) in [6.45, 7) is 3.82. The number of nitro groups is 1. The molecule has 160 valence electrons. The number of amides is 3. The van der Waals surface area contributed by atoms with Gasteiger partial charge in [0.15, 0.2) is 11.5 Å². The molecule has 1 N–H and O–H groups in total. The molecule has 0 saturated carbocycles. The molecule has 1 heterocycles. The van der Waals surface area contributed by atoms with E-state index in [2.05, 4.69) is 27.8 Å². The molecule has 1 fully saturated rings. The van der Waals surface area contributed by atoms with Crippen LogP contribution in [0.2, 0.25) is 0 Å². The van der Waals surface area contributed by atoms with Crippen molar-refractivity contribution >= 4 is 39.6 Å². The molecule has 0 radical (unpaired) electrons. The Bertz CT molecular complexity index is 1080. The first-order valence-corrected chi connectivity index (χ1v) is 9.82. The molecule has 1 aliphatic rings. The van der Waals surface area contributed by atoms with Gasteiger partial charge < -0.3 is 14.8 Å². The maximum absolute atomic E-state index is 12.4. The smallest absolute Gasteiger partial charge is 0.329 e. The van der Waals surface area contributed by atoms with E-state index in [9.17, 15) is 19.7 Å². The second-order valence-electron chi connectivity index (χ2n) is 6.43. The van der Waals surface area contributed by atoms with Crippen molar-refractivity contribution in [3.05, 3.63) is 80.5 Å². The van der Waals surface area contributed by atoms with E-state index >= 15 is 0 Å². The number of nitro benzene ring substituents is 1. The van der Waals surface area contributed by atoms with Crippen molar-refractivity contribution < 1.29 is 24.0 Å². The Morgan fingerprint density at radius 3 is 2.55 bits per heavy atom. The number of nitrogens with zero attached hydrogens (tertiary/aromatic N) is 2. The van der Waals surface area contributed by atoms with Gasteiger partial charge >= 0.3 is 6.03 Å². The van der Waals surface area contributed by atoms with Crippen LogP contribution in [0.15, 0.2) is 59.2 Å². The zero-order valence-electron chi connectivity index (χ0n) is 16.5. The quantitative estimate of drug-likeness (QED) is 0.198. The molecule has 31 heavy (non-hydrogen) atoms. The molecule has 0 bridgehead atoms. The number of halogens is 1. The van der Waals surface area contributed by atoms with E-state index in [-0.39, 0.29) is 24.5 Å². The number of rotatable bonds is 8. The Hall–Kier alpha value is -3.66. The number of non-ortho nitro benzene ring substituents is 1. The van der Waals surface area contributed by atoms with E-state index in [4.69, 9.17) is 9.47 Å². The molecule has 2 aromatic rings. The third-order valence-electron chi connectivity index (χ3n) is 4.40. The normalized spacial score (nSPS) is 14.5. The molecule has 1 saturated heterocycles. The van der Waals surface area contributed by atoms with Gasteiger partial charge in [-0.25, -0.2) is 4.79 Å². The van der Waals surface area contributed by atoms with Crippen molar-refractivity contribution in [2.45, 2.75) is 6.61 Å². The van der Waals surface area contributed by atoms with Crippen molar-refractivity contribution in [1.82, 2.24) is 10.2 Å². The average Bonchev–Trinajstić information content (AvgIpc) is 3.01. The predicted octanol–water partition coefficient (Wildman–Crippen LogP) is 4.02. The van der Waals surface area contributed by atoms with Crippen LogP contribution in [0.25, 0.3) is 6.08 Å². The van der Waals surface area contributed by atoms with Gasteiger partial charge in [-0.3, -0.25) is 19.8 Å². The fourth-order valence-electron chi connectivity index (χ4n) is 2.83. The minimum Gasteiger partial charge on any atom is -0.493 e. The van der Waals surface area contributed by atoms with Gasteiger partial charge in [-0.15, -0.1) is 6.58 Å². The van der Waals surface area contributed by atoms with E-state index in [1.165, 1.54) is 31.4 Å². The summed E-state index contributed by atoms with van der Waals surface area (Å²) >= 11 is 3.44. The summed E-state index contributed by atoms with van der Waals surface area (Å²) in [6.07, 6.45) is 3.01. The standard InChI is InChI=1S/C21H18BrN3O6/c1-3-8-24-20(26)17(23-21(24)27)9-14-10-18(30-2)19(11-16(14)22)31-12-13-4-6-15(7-5-13)25(28)29/h3-7,9-11H,1,8,12H2,2H3,(H,23,27)/b17-9+. The molecule has 0 aromatic heterocycles. The number of benzene rings is 2.